The van der Waals surface area contributed by atoms with Crippen molar-refractivity contribution in [3.8, 4) is 23.0 Å². The Morgan fingerprint density at radius 1 is 1.04 bits per heavy atom. The van der Waals surface area contributed by atoms with Gasteiger partial charge in [0.2, 0.25) is 5.82 Å². The molecule has 0 fully saturated rings. The fraction of sp³-hybridized carbons (Fsp3) is 0. The maximum atomic E-state index is 12.5. The number of hydrogen-bond donors (Lipinski definition) is 1. The molecule has 2 aromatic carbocycles. The van der Waals surface area contributed by atoms with Gasteiger partial charge in [-0.1, -0.05) is 17.3 Å². The molecule has 0 spiro atoms. The van der Waals surface area contributed by atoms with Crippen molar-refractivity contribution >= 4 is 17.3 Å². The summed E-state index contributed by atoms with van der Waals surface area (Å²) >= 11 is 0. The number of hydrogen-bond acceptors (Lipinski definition) is 7. The van der Waals surface area contributed by atoms with E-state index in [1.54, 1.807) is 36.4 Å². The molecule has 0 saturated carbocycles. The molecule has 9 heteroatoms. The van der Waals surface area contributed by atoms with Crippen molar-refractivity contribution in [3.05, 3.63) is 82.6 Å². The summed E-state index contributed by atoms with van der Waals surface area (Å²) in [6, 6.07) is 15.7. The standard InChI is InChI=1S/C19H12N4O5/c24-18(12-7-9-13(10-8-12)23(25)26)20-15-5-2-1-4-14(15)19-21-17(22-28-19)16-6-3-11-27-16/h1-11H,(H,20,24). The first-order valence-electron chi connectivity index (χ1n) is 8.14. The largest absolute Gasteiger partial charge is 0.461 e. The van der Waals surface area contributed by atoms with E-state index in [2.05, 4.69) is 15.5 Å². The molecule has 4 rings (SSSR count). The van der Waals surface area contributed by atoms with E-state index in [-0.39, 0.29) is 23.0 Å². The molecule has 0 radical (unpaired) electrons. The molecule has 1 amide bonds. The summed E-state index contributed by atoms with van der Waals surface area (Å²) in [5.74, 6) is 0.540. The first-order valence-corrected chi connectivity index (χ1v) is 8.14. The summed E-state index contributed by atoms with van der Waals surface area (Å²) < 4.78 is 10.5. The van der Waals surface area contributed by atoms with Crippen molar-refractivity contribution in [2.75, 3.05) is 5.32 Å². The van der Waals surface area contributed by atoms with Crippen LogP contribution in [0.5, 0.6) is 0 Å². The number of furan rings is 1. The minimum absolute atomic E-state index is 0.0896. The van der Waals surface area contributed by atoms with Crippen LogP contribution in [0.3, 0.4) is 0 Å². The summed E-state index contributed by atoms with van der Waals surface area (Å²) in [5, 5.41) is 17.4. The predicted molar refractivity (Wildman–Crippen MR) is 98.5 cm³/mol. The summed E-state index contributed by atoms with van der Waals surface area (Å²) in [5.41, 5.74) is 1.18. The molecule has 1 N–H and O–H groups in total. The molecule has 0 aliphatic rings. The third-order valence-electron chi connectivity index (χ3n) is 3.91. The Hall–Kier alpha value is -4.27. The van der Waals surface area contributed by atoms with Crippen LogP contribution < -0.4 is 5.32 Å². The van der Waals surface area contributed by atoms with Crippen LogP contribution in [0, 0.1) is 10.1 Å². The van der Waals surface area contributed by atoms with E-state index < -0.39 is 10.8 Å². The SMILES string of the molecule is O=C(Nc1ccccc1-c1nc(-c2ccco2)no1)c1ccc([N+](=O)[O-])cc1. The van der Waals surface area contributed by atoms with Crippen LogP contribution in [-0.2, 0) is 0 Å². The first kappa shape index (κ1) is 17.2. The topological polar surface area (TPSA) is 124 Å². The number of non-ortho nitro benzene ring substituents is 1. The van der Waals surface area contributed by atoms with Gasteiger partial charge in [-0.25, -0.2) is 0 Å². The smallest absolute Gasteiger partial charge is 0.269 e. The van der Waals surface area contributed by atoms with Gasteiger partial charge in [0.1, 0.15) is 0 Å². The Morgan fingerprint density at radius 3 is 2.54 bits per heavy atom. The molecule has 9 nitrogen and oxygen atoms in total. The highest BCUT2D eigenvalue weighted by Gasteiger charge is 2.17. The maximum Gasteiger partial charge on any atom is 0.269 e. The third kappa shape index (κ3) is 3.36. The third-order valence-corrected chi connectivity index (χ3v) is 3.91. The lowest BCUT2D eigenvalue weighted by molar-refractivity contribution is -0.384. The Morgan fingerprint density at radius 2 is 1.82 bits per heavy atom. The van der Waals surface area contributed by atoms with Crippen LogP contribution in [0.25, 0.3) is 23.0 Å². The minimum Gasteiger partial charge on any atom is -0.461 e. The van der Waals surface area contributed by atoms with Gasteiger partial charge in [0.05, 0.1) is 22.4 Å². The van der Waals surface area contributed by atoms with Gasteiger partial charge in [0.25, 0.3) is 17.5 Å². The van der Waals surface area contributed by atoms with Gasteiger partial charge in [-0.3, -0.25) is 14.9 Å². The van der Waals surface area contributed by atoms with E-state index in [0.717, 1.165) is 0 Å². The van der Waals surface area contributed by atoms with Crippen LogP contribution >= 0.6 is 0 Å². The summed E-state index contributed by atoms with van der Waals surface area (Å²) in [4.78, 5) is 27.0. The Bertz CT molecular complexity index is 1130. The Kier molecular flexibility index (Phi) is 4.38. The second-order valence-corrected chi connectivity index (χ2v) is 5.70. The lowest BCUT2D eigenvalue weighted by Gasteiger charge is -2.08. The van der Waals surface area contributed by atoms with E-state index in [4.69, 9.17) is 8.94 Å². The van der Waals surface area contributed by atoms with Gasteiger partial charge in [0.15, 0.2) is 5.76 Å². The molecule has 2 aromatic heterocycles. The zero-order valence-corrected chi connectivity index (χ0v) is 14.2. The van der Waals surface area contributed by atoms with E-state index in [1.807, 2.05) is 0 Å². The number of carbonyl (C=O) groups is 1. The van der Waals surface area contributed by atoms with Crippen molar-refractivity contribution in [2.45, 2.75) is 0 Å². The molecule has 0 unspecified atom stereocenters. The number of benzene rings is 2. The van der Waals surface area contributed by atoms with Gasteiger partial charge >= 0.3 is 0 Å². The van der Waals surface area contributed by atoms with Crippen molar-refractivity contribution in [3.63, 3.8) is 0 Å². The van der Waals surface area contributed by atoms with Crippen molar-refractivity contribution in [2.24, 2.45) is 0 Å². The number of rotatable bonds is 5. The van der Waals surface area contributed by atoms with Gasteiger partial charge in [-0.05, 0) is 36.4 Å². The molecule has 0 aliphatic carbocycles. The minimum atomic E-state index is -0.525. The monoisotopic (exact) mass is 376 g/mol. The summed E-state index contributed by atoms with van der Waals surface area (Å²) in [6.07, 6.45) is 1.50. The second kappa shape index (κ2) is 7.16. The molecular weight excluding hydrogens is 364 g/mol. The predicted octanol–water partition coefficient (Wildman–Crippen LogP) is 4.16. The van der Waals surface area contributed by atoms with E-state index >= 15 is 0 Å². The molecule has 138 valence electrons. The van der Waals surface area contributed by atoms with Gasteiger partial charge in [0, 0.05) is 17.7 Å². The van der Waals surface area contributed by atoms with Gasteiger partial charge in [-0.15, -0.1) is 0 Å². The average molecular weight is 376 g/mol. The number of nitrogens with zero attached hydrogens (tertiary/aromatic N) is 3. The van der Waals surface area contributed by atoms with E-state index in [1.165, 1.54) is 30.5 Å². The molecule has 0 atom stereocenters. The van der Waals surface area contributed by atoms with Crippen molar-refractivity contribution < 1.29 is 18.7 Å². The molecule has 0 aliphatic heterocycles. The number of amides is 1. The lowest BCUT2D eigenvalue weighted by atomic mass is 10.1. The summed E-state index contributed by atoms with van der Waals surface area (Å²) in [6.45, 7) is 0. The highest BCUT2D eigenvalue weighted by Crippen LogP contribution is 2.29. The van der Waals surface area contributed by atoms with Crippen LogP contribution in [0.4, 0.5) is 11.4 Å². The Labute approximate surface area is 157 Å². The van der Waals surface area contributed by atoms with Crippen molar-refractivity contribution in [1.82, 2.24) is 10.1 Å². The number of nitrogens with one attached hydrogen (secondary N) is 1. The Balaban J connectivity index is 1.59. The maximum absolute atomic E-state index is 12.5. The van der Waals surface area contributed by atoms with Crippen LogP contribution in [0.2, 0.25) is 0 Å². The molecule has 0 saturated heterocycles. The summed E-state index contributed by atoms with van der Waals surface area (Å²) in [7, 11) is 0. The number of aromatic nitrogens is 2. The average Bonchev–Trinajstić information content (AvgIpc) is 3.40. The van der Waals surface area contributed by atoms with Gasteiger partial charge in [-0.2, -0.15) is 4.98 Å². The fourth-order valence-electron chi connectivity index (χ4n) is 2.55. The number of nitro benzene ring substituents is 1. The highest BCUT2D eigenvalue weighted by molar-refractivity contribution is 6.06. The number of anilines is 1. The number of para-hydroxylation sites is 1. The molecule has 4 aromatic rings. The van der Waals surface area contributed by atoms with E-state index in [9.17, 15) is 14.9 Å². The number of nitro groups is 1. The number of carbonyl (C=O) groups excluding carboxylic acids is 1. The van der Waals surface area contributed by atoms with Crippen molar-refractivity contribution in [1.29, 1.82) is 0 Å². The van der Waals surface area contributed by atoms with Crippen LogP contribution in [0.1, 0.15) is 10.4 Å². The molecule has 28 heavy (non-hydrogen) atoms. The zero-order chi connectivity index (χ0) is 19.5. The van der Waals surface area contributed by atoms with E-state index in [0.29, 0.717) is 17.0 Å². The van der Waals surface area contributed by atoms with Crippen LogP contribution in [0.15, 0.2) is 75.9 Å². The normalized spacial score (nSPS) is 10.6. The zero-order valence-electron chi connectivity index (χ0n) is 14.2. The molecule has 2 heterocycles. The first-order chi connectivity index (χ1) is 13.6. The second-order valence-electron chi connectivity index (χ2n) is 5.70. The fourth-order valence-corrected chi connectivity index (χ4v) is 2.55. The highest BCUT2D eigenvalue weighted by atomic mass is 16.6. The van der Waals surface area contributed by atoms with Crippen LogP contribution in [-0.4, -0.2) is 21.0 Å². The quantitative estimate of drug-likeness (QED) is 0.409. The van der Waals surface area contributed by atoms with Gasteiger partial charge < -0.3 is 14.3 Å². The molecule has 0 bridgehead atoms. The lowest BCUT2D eigenvalue weighted by Crippen LogP contribution is -2.12. The molecular formula is C19H12N4O5.